The molecule has 0 spiro atoms. The summed E-state index contributed by atoms with van der Waals surface area (Å²) in [6, 6.07) is 9.24. The second kappa shape index (κ2) is 33.5. The molecule has 382 valence electrons. The van der Waals surface area contributed by atoms with E-state index in [0.29, 0.717) is 37.1 Å². The average molecular weight is 928 g/mol. The number of amides is 4. The summed E-state index contributed by atoms with van der Waals surface area (Å²) in [4.78, 5) is 55.3. The molecule has 11 heteroatoms. The fraction of sp³-hybridized carbons (Fsp3) is 0.818. The van der Waals surface area contributed by atoms with E-state index < -0.39 is 0 Å². The van der Waals surface area contributed by atoms with Crippen LogP contribution in [0.15, 0.2) is 24.3 Å². The minimum atomic E-state index is 0.119. The fourth-order valence-corrected chi connectivity index (χ4v) is 8.91. The van der Waals surface area contributed by atoms with E-state index in [0.717, 1.165) is 106 Å². The molecule has 8 rings (SSSR count). The van der Waals surface area contributed by atoms with Crippen LogP contribution in [0.3, 0.4) is 0 Å². The fourth-order valence-electron chi connectivity index (χ4n) is 8.91. The first-order chi connectivity index (χ1) is 31.4. The van der Waals surface area contributed by atoms with Gasteiger partial charge in [0.2, 0.25) is 17.7 Å². The summed E-state index contributed by atoms with van der Waals surface area (Å²) < 4.78 is 10.5. The number of hydrogen-bond donors (Lipinski definition) is 0. The van der Waals surface area contributed by atoms with Crippen LogP contribution in [0.25, 0.3) is 0 Å². The molecule has 66 heavy (non-hydrogen) atoms. The van der Waals surface area contributed by atoms with Gasteiger partial charge >= 0.3 is 0 Å². The Kier molecular flexibility index (Phi) is 30.9. The van der Waals surface area contributed by atoms with E-state index in [2.05, 4.69) is 46.4 Å². The Balaban J connectivity index is 0.000000392. The van der Waals surface area contributed by atoms with E-state index in [1.165, 1.54) is 51.6 Å². The molecule has 0 radical (unpaired) electrons. The smallest absolute Gasteiger partial charge is 0.254 e. The number of rotatable bonds is 6. The number of carbonyl (C=O) groups excluding carboxylic acids is 4. The van der Waals surface area contributed by atoms with Crippen LogP contribution in [0.4, 0.5) is 0 Å². The average Bonchev–Trinajstić information content (AvgIpc) is 4.11. The second-order valence-corrected chi connectivity index (χ2v) is 20.1. The molecule has 1 saturated carbocycles. The molecule has 11 nitrogen and oxygen atoms in total. The Morgan fingerprint density at radius 2 is 1.08 bits per heavy atom. The summed E-state index contributed by atoms with van der Waals surface area (Å²) in [6.45, 7) is 44.4. The van der Waals surface area contributed by atoms with E-state index in [-0.39, 0.29) is 23.7 Å². The third-order valence-electron chi connectivity index (χ3n) is 13.3. The minimum absolute atomic E-state index is 0.119. The Labute approximate surface area is 405 Å². The van der Waals surface area contributed by atoms with Crippen molar-refractivity contribution in [3.8, 4) is 0 Å². The van der Waals surface area contributed by atoms with Gasteiger partial charge in [-0.25, -0.2) is 0 Å². The maximum atomic E-state index is 11.8. The van der Waals surface area contributed by atoms with Gasteiger partial charge in [-0.3, -0.25) is 19.2 Å². The van der Waals surface area contributed by atoms with Crippen molar-refractivity contribution in [3.63, 3.8) is 0 Å². The highest BCUT2D eigenvalue weighted by atomic mass is 16.5. The standard InChI is InChI=1S/C11H13NO.C9H17NO.C9H18.C8H15NO2.2C7H13NO.2C2H6/c1-8(2)12-7-9-5-3-4-6-10(9)11(12)13;1-7(2)10-3-8-5-11-6-9(8)4-10;1-8(2)9-6-4-3-5-7-9;1-7(2)8(10)9-3-5-11-6-4-9;1-6(2)7(9)8-4-3-5-8;1-6(2)8-5-3-4-7(8)9;2*1-2/h3-6,8H,7H2,1-2H3;7-9H,3-6H2,1-2H3;8-9H,3-7H2,1-2H3;7H,3-6H2,1-2H3;2*6H,3-5H2,1-2H3;2*1-2H3. The lowest BCUT2D eigenvalue weighted by Gasteiger charge is -2.32. The molecule has 2 atom stereocenters. The van der Waals surface area contributed by atoms with Crippen molar-refractivity contribution in [1.82, 2.24) is 24.5 Å². The highest BCUT2D eigenvalue weighted by Crippen LogP contribution is 2.30. The van der Waals surface area contributed by atoms with Crippen LogP contribution >= 0.6 is 0 Å². The molecule has 6 fully saturated rings. The summed E-state index contributed by atoms with van der Waals surface area (Å²) in [6.07, 6.45) is 10.5. The molecule has 1 aromatic carbocycles. The van der Waals surface area contributed by atoms with Crippen LogP contribution < -0.4 is 0 Å². The van der Waals surface area contributed by atoms with Gasteiger partial charge in [0, 0.05) is 106 Å². The topological polar surface area (TPSA) is 103 Å². The molecule has 1 aromatic rings. The van der Waals surface area contributed by atoms with Crippen molar-refractivity contribution >= 4 is 23.6 Å². The number of benzene rings is 1. The number of fused-ring (bicyclic) bond motifs is 2. The van der Waals surface area contributed by atoms with Gasteiger partial charge in [0.15, 0.2) is 0 Å². The van der Waals surface area contributed by atoms with Crippen molar-refractivity contribution in [3.05, 3.63) is 35.4 Å². The molecule has 4 amide bonds. The highest BCUT2D eigenvalue weighted by Gasteiger charge is 2.37. The SMILES string of the molecule is CC.CC.CC(C)C(=O)N1CCC1.CC(C)C(=O)N1CCOCC1.CC(C)C1CCCCC1.CC(C)N1CC2COCC2C1.CC(C)N1CCCC1=O.CC(C)N1Cc2ccccc2C1=O. The summed E-state index contributed by atoms with van der Waals surface area (Å²) in [5.41, 5.74) is 2.03. The molecule has 7 aliphatic rings. The van der Waals surface area contributed by atoms with E-state index in [1.807, 2.05) is 113 Å². The first-order valence-electron chi connectivity index (χ1n) is 26.6. The van der Waals surface area contributed by atoms with Gasteiger partial charge in [0.05, 0.1) is 26.4 Å². The minimum Gasteiger partial charge on any atom is -0.381 e. The third-order valence-corrected chi connectivity index (χ3v) is 13.3. The van der Waals surface area contributed by atoms with Gasteiger partial charge in [0.25, 0.3) is 5.91 Å². The zero-order valence-corrected chi connectivity index (χ0v) is 45.3. The molecule has 6 aliphatic heterocycles. The van der Waals surface area contributed by atoms with E-state index in [1.54, 1.807) is 0 Å². The third kappa shape index (κ3) is 21.1. The Hall–Kier alpha value is -3.02. The van der Waals surface area contributed by atoms with Crippen molar-refractivity contribution in [2.75, 3.05) is 72.2 Å². The second-order valence-electron chi connectivity index (χ2n) is 20.1. The zero-order chi connectivity index (χ0) is 49.9. The van der Waals surface area contributed by atoms with Crippen LogP contribution in [0.5, 0.6) is 0 Å². The number of nitrogens with zero attached hydrogens (tertiary/aromatic N) is 5. The van der Waals surface area contributed by atoms with Gasteiger partial charge in [-0.2, -0.15) is 0 Å². The summed E-state index contributed by atoms with van der Waals surface area (Å²) in [5.74, 6) is 5.03. The maximum absolute atomic E-state index is 11.8. The summed E-state index contributed by atoms with van der Waals surface area (Å²) >= 11 is 0. The van der Waals surface area contributed by atoms with Crippen LogP contribution in [0.1, 0.15) is 178 Å². The molecular formula is C55H101N5O6. The lowest BCUT2D eigenvalue weighted by molar-refractivity contribution is -0.138. The van der Waals surface area contributed by atoms with Gasteiger partial charge in [-0.15, -0.1) is 0 Å². The van der Waals surface area contributed by atoms with Gasteiger partial charge in [-0.1, -0.05) is 120 Å². The predicted octanol–water partition coefficient (Wildman–Crippen LogP) is 10.7. The lowest BCUT2D eigenvalue weighted by atomic mass is 9.82. The normalized spacial score (nSPS) is 21.1. The van der Waals surface area contributed by atoms with Gasteiger partial charge < -0.3 is 34.0 Å². The first kappa shape index (κ1) is 61.0. The monoisotopic (exact) mass is 928 g/mol. The van der Waals surface area contributed by atoms with Crippen molar-refractivity contribution < 1.29 is 28.7 Å². The molecule has 2 unspecified atom stereocenters. The molecule has 0 aromatic heterocycles. The quantitative estimate of drug-likeness (QED) is 0.280. The van der Waals surface area contributed by atoms with Crippen LogP contribution in [-0.4, -0.2) is 138 Å². The number of carbonyl (C=O) groups is 4. The summed E-state index contributed by atoms with van der Waals surface area (Å²) in [5, 5.41) is 0. The van der Waals surface area contributed by atoms with E-state index in [4.69, 9.17) is 9.47 Å². The largest absolute Gasteiger partial charge is 0.381 e. The van der Waals surface area contributed by atoms with Crippen molar-refractivity contribution in [1.29, 1.82) is 0 Å². The summed E-state index contributed by atoms with van der Waals surface area (Å²) in [7, 11) is 0. The number of morpholine rings is 1. The van der Waals surface area contributed by atoms with E-state index >= 15 is 0 Å². The van der Waals surface area contributed by atoms with Gasteiger partial charge in [-0.05, 0) is 77.8 Å². The number of likely N-dealkylation sites (tertiary alicyclic amines) is 3. The Bertz CT molecular complexity index is 1470. The van der Waals surface area contributed by atoms with E-state index in [9.17, 15) is 19.2 Å². The Morgan fingerprint density at radius 3 is 1.42 bits per heavy atom. The zero-order valence-electron chi connectivity index (χ0n) is 45.3. The van der Waals surface area contributed by atoms with Crippen molar-refractivity contribution in [2.24, 2.45) is 35.5 Å². The first-order valence-corrected chi connectivity index (χ1v) is 26.6. The van der Waals surface area contributed by atoms with Gasteiger partial charge in [0.1, 0.15) is 0 Å². The molecule has 5 saturated heterocycles. The number of hydrogen-bond acceptors (Lipinski definition) is 7. The van der Waals surface area contributed by atoms with Crippen LogP contribution in [0.2, 0.25) is 0 Å². The Morgan fingerprint density at radius 1 is 0.576 bits per heavy atom. The predicted molar refractivity (Wildman–Crippen MR) is 274 cm³/mol. The molecule has 0 bridgehead atoms. The van der Waals surface area contributed by atoms with Crippen LogP contribution in [-0.2, 0) is 30.4 Å². The molecule has 6 heterocycles. The molecule has 0 N–H and O–H groups in total. The maximum Gasteiger partial charge on any atom is 0.254 e. The highest BCUT2D eigenvalue weighted by molar-refractivity contribution is 5.98. The lowest BCUT2D eigenvalue weighted by Crippen LogP contribution is -2.44. The van der Waals surface area contributed by atoms with Crippen LogP contribution in [0, 0.1) is 35.5 Å². The molecular weight excluding hydrogens is 827 g/mol. The molecule has 1 aliphatic carbocycles. The van der Waals surface area contributed by atoms with Crippen molar-refractivity contribution in [2.45, 2.75) is 187 Å². The number of ether oxygens (including phenoxy) is 2.